The monoisotopic (exact) mass is 411 g/mol. The van der Waals surface area contributed by atoms with E-state index < -0.39 is 33.9 Å². The fraction of sp³-hybridized carbons (Fsp3) is 0. The number of carboxylic acids is 1. The minimum Gasteiger partial charge on any atom is -0.501 e. The molecule has 3 aromatic rings. The van der Waals surface area contributed by atoms with Gasteiger partial charge in [-0.25, -0.2) is 14.6 Å². The predicted molar refractivity (Wildman–Crippen MR) is 105 cm³/mol. The van der Waals surface area contributed by atoms with Crippen LogP contribution in [0.2, 0.25) is 0 Å². The number of benzene rings is 2. The molecule has 2 amide bonds. The number of aromatic nitrogens is 2. The van der Waals surface area contributed by atoms with Crippen LogP contribution in [0.15, 0.2) is 53.3 Å². The third-order valence-corrected chi connectivity index (χ3v) is 3.81. The van der Waals surface area contributed by atoms with Crippen molar-refractivity contribution < 1.29 is 24.7 Å². The van der Waals surface area contributed by atoms with Crippen molar-refractivity contribution in [2.24, 2.45) is 0 Å². The zero-order valence-corrected chi connectivity index (χ0v) is 14.9. The summed E-state index contributed by atoms with van der Waals surface area (Å²) >= 11 is 0. The van der Waals surface area contributed by atoms with E-state index in [-0.39, 0.29) is 28.5 Å². The number of urea groups is 1. The Hall–Kier alpha value is -4.74. The van der Waals surface area contributed by atoms with Crippen molar-refractivity contribution in [3.05, 3.63) is 74.7 Å². The molecule has 12 heteroatoms. The van der Waals surface area contributed by atoms with Crippen LogP contribution in [0.5, 0.6) is 5.75 Å². The number of nitro benzene ring substituents is 1. The number of H-pyrrole nitrogens is 1. The Morgan fingerprint density at radius 2 is 1.70 bits per heavy atom. The Bertz CT molecular complexity index is 1220. The molecule has 12 nitrogen and oxygen atoms in total. The highest BCUT2D eigenvalue weighted by Crippen LogP contribution is 2.21. The van der Waals surface area contributed by atoms with Gasteiger partial charge in [0.2, 0.25) is 5.75 Å². The number of rotatable bonds is 5. The number of nitro groups is 1. The number of carboxylic acid groups (broad SMARTS) is 1. The lowest BCUT2D eigenvalue weighted by molar-refractivity contribution is -0.384. The number of amides is 2. The van der Waals surface area contributed by atoms with E-state index in [1.807, 2.05) is 0 Å². The number of nitrogens with one attached hydrogen (secondary N) is 3. The lowest BCUT2D eigenvalue weighted by Crippen LogP contribution is -2.19. The van der Waals surface area contributed by atoms with Crippen LogP contribution in [0.3, 0.4) is 0 Å². The van der Waals surface area contributed by atoms with Crippen molar-refractivity contribution in [2.75, 3.05) is 10.6 Å². The third kappa shape index (κ3) is 4.39. The molecule has 0 aliphatic rings. The first-order valence-electron chi connectivity index (χ1n) is 8.24. The summed E-state index contributed by atoms with van der Waals surface area (Å²) in [4.78, 5) is 51.2. The molecule has 0 spiro atoms. The summed E-state index contributed by atoms with van der Waals surface area (Å²) in [5.74, 6) is -2.72. The highest BCUT2D eigenvalue weighted by Gasteiger charge is 2.17. The van der Waals surface area contributed by atoms with Crippen molar-refractivity contribution in [2.45, 2.75) is 0 Å². The minimum absolute atomic E-state index is 0.127. The first-order valence-corrected chi connectivity index (χ1v) is 8.24. The number of aromatic hydroxyl groups is 1. The Morgan fingerprint density at radius 3 is 2.33 bits per heavy atom. The highest BCUT2D eigenvalue weighted by molar-refractivity contribution is 6.00. The second-order valence-corrected chi connectivity index (χ2v) is 5.88. The van der Waals surface area contributed by atoms with E-state index in [0.717, 1.165) is 0 Å². The molecular weight excluding hydrogens is 398 g/mol. The average Bonchev–Trinajstić information content (AvgIpc) is 2.70. The van der Waals surface area contributed by atoms with Crippen LogP contribution in [0, 0.1) is 10.1 Å². The summed E-state index contributed by atoms with van der Waals surface area (Å²) in [5.41, 5.74) is -1.29. The predicted octanol–water partition coefficient (Wildman–Crippen LogP) is 2.39. The highest BCUT2D eigenvalue weighted by atomic mass is 16.6. The van der Waals surface area contributed by atoms with Crippen molar-refractivity contribution in [3.63, 3.8) is 0 Å². The van der Waals surface area contributed by atoms with Gasteiger partial charge in [0, 0.05) is 29.1 Å². The van der Waals surface area contributed by atoms with E-state index in [1.165, 1.54) is 48.5 Å². The molecule has 0 bridgehead atoms. The van der Waals surface area contributed by atoms with Crippen LogP contribution in [0.25, 0.3) is 11.4 Å². The molecule has 0 unspecified atom stereocenters. The van der Waals surface area contributed by atoms with Gasteiger partial charge in [-0.2, -0.15) is 0 Å². The number of non-ortho nitro benzene ring substituents is 1. The lowest BCUT2D eigenvalue weighted by atomic mass is 10.2. The van der Waals surface area contributed by atoms with Crippen molar-refractivity contribution in [1.82, 2.24) is 9.97 Å². The molecule has 0 saturated heterocycles. The van der Waals surface area contributed by atoms with Gasteiger partial charge in [0.1, 0.15) is 5.82 Å². The van der Waals surface area contributed by atoms with Crippen LogP contribution in [0.1, 0.15) is 10.5 Å². The van der Waals surface area contributed by atoms with Crippen LogP contribution in [-0.2, 0) is 0 Å². The average molecular weight is 411 g/mol. The maximum Gasteiger partial charge on any atom is 0.358 e. The molecule has 1 heterocycles. The van der Waals surface area contributed by atoms with Gasteiger partial charge in [-0.1, -0.05) is 18.2 Å². The molecule has 0 radical (unpaired) electrons. The number of carbonyl (C=O) groups is 2. The quantitative estimate of drug-likeness (QED) is 0.312. The minimum atomic E-state index is -1.58. The Morgan fingerprint density at radius 1 is 1.07 bits per heavy atom. The van der Waals surface area contributed by atoms with E-state index in [9.17, 15) is 29.6 Å². The zero-order chi connectivity index (χ0) is 21.8. The lowest BCUT2D eigenvalue weighted by Gasteiger charge is -2.09. The molecule has 0 atom stereocenters. The standard InChI is InChI=1S/C18H13N5O7/c24-14-13(17(26)27)21-15(22-16(14)25)9-3-1-4-10(7-9)19-18(28)20-11-5-2-6-12(8-11)23(29)30/h1-8,24H,(H,26,27)(H2,19,20,28)(H,21,22,25). The van der Waals surface area contributed by atoms with Gasteiger partial charge < -0.3 is 25.8 Å². The molecule has 0 fully saturated rings. The maximum atomic E-state index is 12.2. The normalized spacial score (nSPS) is 10.3. The van der Waals surface area contributed by atoms with E-state index in [4.69, 9.17) is 5.11 Å². The number of hydrogen-bond donors (Lipinski definition) is 5. The Balaban J connectivity index is 1.82. The van der Waals surface area contributed by atoms with Gasteiger partial charge in [0.15, 0.2) is 5.69 Å². The molecule has 0 aliphatic carbocycles. The number of anilines is 2. The second-order valence-electron chi connectivity index (χ2n) is 5.88. The number of carbonyl (C=O) groups excluding carboxylic acids is 1. The Kier molecular flexibility index (Phi) is 5.40. The number of nitrogens with zero attached hydrogens (tertiary/aromatic N) is 2. The van der Waals surface area contributed by atoms with Gasteiger partial charge in [0.25, 0.3) is 11.2 Å². The Labute approximate surface area is 167 Å². The first kappa shape index (κ1) is 20.0. The van der Waals surface area contributed by atoms with Crippen LogP contribution in [-0.4, -0.2) is 37.1 Å². The number of hydrogen-bond acceptors (Lipinski definition) is 7. The summed E-state index contributed by atoms with van der Waals surface area (Å²) in [5, 5.41) is 34.3. The molecule has 0 aliphatic heterocycles. The van der Waals surface area contributed by atoms with Gasteiger partial charge in [-0.05, 0) is 18.2 Å². The van der Waals surface area contributed by atoms with Crippen LogP contribution < -0.4 is 16.2 Å². The van der Waals surface area contributed by atoms with E-state index in [2.05, 4.69) is 20.6 Å². The topological polar surface area (TPSA) is 188 Å². The number of aromatic carboxylic acids is 1. The van der Waals surface area contributed by atoms with Crippen molar-refractivity contribution in [1.29, 1.82) is 0 Å². The largest absolute Gasteiger partial charge is 0.501 e. The molecule has 152 valence electrons. The smallest absolute Gasteiger partial charge is 0.358 e. The molecule has 2 aromatic carbocycles. The molecule has 30 heavy (non-hydrogen) atoms. The van der Waals surface area contributed by atoms with Gasteiger partial charge >= 0.3 is 12.0 Å². The molecule has 1 aromatic heterocycles. The third-order valence-electron chi connectivity index (χ3n) is 3.81. The summed E-state index contributed by atoms with van der Waals surface area (Å²) in [7, 11) is 0. The first-order chi connectivity index (χ1) is 14.2. The summed E-state index contributed by atoms with van der Waals surface area (Å²) in [6.45, 7) is 0. The van der Waals surface area contributed by atoms with Gasteiger partial charge in [-0.3, -0.25) is 14.9 Å². The van der Waals surface area contributed by atoms with Crippen LogP contribution >= 0.6 is 0 Å². The van der Waals surface area contributed by atoms with Gasteiger partial charge in [-0.15, -0.1) is 0 Å². The van der Waals surface area contributed by atoms with Crippen molar-refractivity contribution >= 4 is 29.1 Å². The van der Waals surface area contributed by atoms with E-state index in [1.54, 1.807) is 0 Å². The fourth-order valence-electron chi connectivity index (χ4n) is 2.49. The molecule has 5 N–H and O–H groups in total. The summed E-state index contributed by atoms with van der Waals surface area (Å²) in [6, 6.07) is 10.6. The maximum absolute atomic E-state index is 12.2. The fourth-order valence-corrected chi connectivity index (χ4v) is 2.49. The second kappa shape index (κ2) is 8.10. The summed E-state index contributed by atoms with van der Waals surface area (Å²) in [6.07, 6.45) is 0. The van der Waals surface area contributed by atoms with Crippen LogP contribution in [0.4, 0.5) is 21.9 Å². The molecule has 0 saturated carbocycles. The zero-order valence-electron chi connectivity index (χ0n) is 14.9. The summed E-state index contributed by atoms with van der Waals surface area (Å²) < 4.78 is 0. The SMILES string of the molecule is O=C(Nc1cccc(-c2nc(C(=O)O)c(O)c(=O)[nH]2)c1)Nc1cccc([N+](=O)[O-])c1. The molecule has 3 rings (SSSR count). The van der Waals surface area contributed by atoms with E-state index in [0.29, 0.717) is 0 Å². The molecular formula is C18H13N5O7. The number of aromatic amines is 1. The van der Waals surface area contributed by atoms with Crippen molar-refractivity contribution in [3.8, 4) is 17.1 Å². The van der Waals surface area contributed by atoms with E-state index >= 15 is 0 Å². The van der Waals surface area contributed by atoms with Gasteiger partial charge in [0.05, 0.1) is 4.92 Å².